The molecule has 0 fully saturated rings. The van der Waals surface area contributed by atoms with Crippen molar-refractivity contribution in [2.75, 3.05) is 7.11 Å². The molecule has 0 saturated carbocycles. The van der Waals surface area contributed by atoms with E-state index in [1.807, 2.05) is 36.4 Å². The molecule has 0 spiro atoms. The summed E-state index contributed by atoms with van der Waals surface area (Å²) in [6, 6.07) is 15.8. The van der Waals surface area contributed by atoms with E-state index in [0.29, 0.717) is 6.42 Å². The fourth-order valence-corrected chi connectivity index (χ4v) is 2.56. The van der Waals surface area contributed by atoms with Crippen molar-refractivity contribution in [3.05, 3.63) is 65.7 Å². The summed E-state index contributed by atoms with van der Waals surface area (Å²) in [5.41, 5.74) is 2.19. The van der Waals surface area contributed by atoms with Crippen LogP contribution in [0, 0.1) is 0 Å². The van der Waals surface area contributed by atoms with Crippen molar-refractivity contribution >= 4 is 6.08 Å². The molecule has 2 atom stereocenters. The lowest BCUT2D eigenvalue weighted by atomic mass is 9.91. The molecule has 1 unspecified atom stereocenters. The Morgan fingerprint density at radius 1 is 1.19 bits per heavy atom. The Hall–Kier alpha value is -2.26. The van der Waals surface area contributed by atoms with Crippen LogP contribution in [-0.4, -0.2) is 18.5 Å². The minimum Gasteiger partial charge on any atom is -0.497 e. The third-order valence-corrected chi connectivity index (χ3v) is 3.66. The highest BCUT2D eigenvalue weighted by Gasteiger charge is 2.25. The zero-order valence-electron chi connectivity index (χ0n) is 11.9. The number of ether oxygens (including phenoxy) is 2. The summed E-state index contributed by atoms with van der Waals surface area (Å²) in [4.78, 5) is 0. The number of hydrogen-bond donors (Lipinski definition) is 1. The third-order valence-electron chi connectivity index (χ3n) is 3.66. The lowest BCUT2D eigenvalue weighted by Gasteiger charge is -2.28. The van der Waals surface area contributed by atoms with Gasteiger partial charge in [-0.05, 0) is 23.8 Å². The molecule has 2 aromatic carbocycles. The molecule has 0 aromatic heterocycles. The zero-order chi connectivity index (χ0) is 14.7. The van der Waals surface area contributed by atoms with Crippen molar-refractivity contribution in [1.82, 2.24) is 0 Å². The van der Waals surface area contributed by atoms with Gasteiger partial charge in [-0.25, -0.2) is 0 Å². The Labute approximate surface area is 124 Å². The van der Waals surface area contributed by atoms with E-state index in [-0.39, 0.29) is 5.92 Å². The molecule has 0 aliphatic carbocycles. The van der Waals surface area contributed by atoms with Gasteiger partial charge in [0, 0.05) is 17.9 Å². The van der Waals surface area contributed by atoms with Crippen molar-refractivity contribution in [3.8, 4) is 11.5 Å². The van der Waals surface area contributed by atoms with Crippen molar-refractivity contribution in [2.45, 2.75) is 18.6 Å². The number of rotatable bonds is 3. The SMILES string of the molecule is COc1ccc2c(c1)C(C=Cc1ccccc1)C[C@H](O)O2. The van der Waals surface area contributed by atoms with Crippen molar-refractivity contribution < 1.29 is 14.6 Å². The standard InChI is InChI=1S/C18H18O3/c1-20-15-9-10-17-16(12-15)14(11-18(19)21-17)8-7-13-5-3-2-4-6-13/h2-10,12,14,18-19H,11H2,1H3/t14?,18-/m1/s1. The van der Waals surface area contributed by atoms with Crippen LogP contribution >= 0.6 is 0 Å². The molecule has 3 rings (SSSR count). The van der Waals surface area contributed by atoms with Gasteiger partial charge in [0.2, 0.25) is 0 Å². The van der Waals surface area contributed by atoms with Crippen molar-refractivity contribution in [3.63, 3.8) is 0 Å². The van der Waals surface area contributed by atoms with Crippen molar-refractivity contribution in [1.29, 1.82) is 0 Å². The minimum atomic E-state index is -0.767. The summed E-state index contributed by atoms with van der Waals surface area (Å²) in [7, 11) is 1.65. The number of aliphatic hydroxyl groups is 1. The molecular formula is C18H18O3. The second-order valence-electron chi connectivity index (χ2n) is 5.09. The molecule has 2 aromatic rings. The lowest BCUT2D eigenvalue weighted by molar-refractivity contribution is -0.0353. The maximum absolute atomic E-state index is 9.86. The van der Waals surface area contributed by atoms with Gasteiger partial charge in [0.1, 0.15) is 11.5 Å². The van der Waals surface area contributed by atoms with E-state index < -0.39 is 6.29 Å². The Kier molecular flexibility index (Phi) is 3.93. The number of benzene rings is 2. The monoisotopic (exact) mass is 282 g/mol. The molecule has 1 N–H and O–H groups in total. The normalized spacial score (nSPS) is 20.9. The Balaban J connectivity index is 1.91. The fraction of sp³-hybridized carbons (Fsp3) is 0.222. The predicted molar refractivity (Wildman–Crippen MR) is 82.5 cm³/mol. The molecule has 0 amide bonds. The summed E-state index contributed by atoms with van der Waals surface area (Å²) in [6.07, 6.45) is 3.96. The Bertz CT molecular complexity index is 634. The van der Waals surface area contributed by atoms with Gasteiger partial charge in [0.25, 0.3) is 0 Å². The van der Waals surface area contributed by atoms with Gasteiger partial charge in [0.15, 0.2) is 6.29 Å². The summed E-state index contributed by atoms with van der Waals surface area (Å²) in [6.45, 7) is 0. The number of hydrogen-bond acceptors (Lipinski definition) is 3. The van der Waals surface area contributed by atoms with Crippen LogP contribution in [0.4, 0.5) is 0 Å². The Morgan fingerprint density at radius 3 is 2.76 bits per heavy atom. The molecule has 0 bridgehead atoms. The first kappa shape index (κ1) is 13.7. The molecule has 1 heterocycles. The van der Waals surface area contributed by atoms with Gasteiger partial charge in [-0.2, -0.15) is 0 Å². The van der Waals surface area contributed by atoms with E-state index in [1.165, 1.54) is 0 Å². The van der Waals surface area contributed by atoms with Crippen LogP contribution in [0.15, 0.2) is 54.6 Å². The van der Waals surface area contributed by atoms with Crippen LogP contribution in [0.5, 0.6) is 11.5 Å². The van der Waals surface area contributed by atoms with Gasteiger partial charge in [-0.3, -0.25) is 0 Å². The topological polar surface area (TPSA) is 38.7 Å². The molecule has 0 saturated heterocycles. The molecule has 1 aliphatic rings. The highest BCUT2D eigenvalue weighted by Crippen LogP contribution is 2.39. The molecular weight excluding hydrogens is 264 g/mol. The molecule has 3 nitrogen and oxygen atoms in total. The van der Waals surface area contributed by atoms with E-state index in [0.717, 1.165) is 22.6 Å². The second-order valence-corrected chi connectivity index (χ2v) is 5.09. The number of methoxy groups -OCH3 is 1. The highest BCUT2D eigenvalue weighted by molar-refractivity contribution is 5.53. The highest BCUT2D eigenvalue weighted by atomic mass is 16.6. The number of aliphatic hydroxyl groups excluding tert-OH is 1. The summed E-state index contributed by atoms with van der Waals surface area (Å²) in [5, 5.41) is 9.86. The van der Waals surface area contributed by atoms with Crippen LogP contribution in [0.3, 0.4) is 0 Å². The first-order valence-corrected chi connectivity index (χ1v) is 7.02. The van der Waals surface area contributed by atoms with E-state index in [2.05, 4.69) is 24.3 Å². The van der Waals surface area contributed by atoms with Crippen LogP contribution in [0.1, 0.15) is 23.5 Å². The smallest absolute Gasteiger partial charge is 0.198 e. The first-order chi connectivity index (χ1) is 10.3. The fourth-order valence-electron chi connectivity index (χ4n) is 2.56. The Morgan fingerprint density at radius 2 is 2.00 bits per heavy atom. The van der Waals surface area contributed by atoms with E-state index >= 15 is 0 Å². The largest absolute Gasteiger partial charge is 0.497 e. The number of fused-ring (bicyclic) bond motifs is 1. The summed E-state index contributed by atoms with van der Waals surface area (Å²) >= 11 is 0. The average molecular weight is 282 g/mol. The first-order valence-electron chi connectivity index (χ1n) is 7.02. The lowest BCUT2D eigenvalue weighted by Crippen LogP contribution is -2.24. The molecule has 3 heteroatoms. The van der Waals surface area contributed by atoms with Gasteiger partial charge in [0.05, 0.1) is 7.11 Å². The van der Waals surface area contributed by atoms with Crippen LogP contribution in [-0.2, 0) is 0 Å². The van der Waals surface area contributed by atoms with E-state index in [9.17, 15) is 5.11 Å². The van der Waals surface area contributed by atoms with E-state index in [4.69, 9.17) is 9.47 Å². The van der Waals surface area contributed by atoms with Crippen LogP contribution in [0.25, 0.3) is 6.08 Å². The average Bonchev–Trinajstić information content (AvgIpc) is 2.53. The van der Waals surface area contributed by atoms with Gasteiger partial charge in [-0.1, -0.05) is 42.5 Å². The third kappa shape index (κ3) is 3.09. The van der Waals surface area contributed by atoms with Crippen LogP contribution < -0.4 is 9.47 Å². The molecule has 21 heavy (non-hydrogen) atoms. The summed E-state index contributed by atoms with van der Waals surface area (Å²) < 4.78 is 10.8. The van der Waals surface area contributed by atoms with Gasteiger partial charge in [-0.15, -0.1) is 0 Å². The predicted octanol–water partition coefficient (Wildman–Crippen LogP) is 3.59. The van der Waals surface area contributed by atoms with Gasteiger partial charge < -0.3 is 14.6 Å². The zero-order valence-corrected chi connectivity index (χ0v) is 11.9. The maximum Gasteiger partial charge on any atom is 0.198 e. The second kappa shape index (κ2) is 6.02. The summed E-state index contributed by atoms with van der Waals surface area (Å²) in [5.74, 6) is 1.63. The van der Waals surface area contributed by atoms with Crippen molar-refractivity contribution in [2.24, 2.45) is 0 Å². The number of allylic oxidation sites excluding steroid dienone is 1. The maximum atomic E-state index is 9.86. The minimum absolute atomic E-state index is 0.110. The molecule has 1 aliphatic heterocycles. The van der Waals surface area contributed by atoms with Crippen LogP contribution in [0.2, 0.25) is 0 Å². The van der Waals surface area contributed by atoms with Gasteiger partial charge >= 0.3 is 0 Å². The molecule has 0 radical (unpaired) electrons. The molecule has 108 valence electrons. The quantitative estimate of drug-likeness (QED) is 0.935. The van der Waals surface area contributed by atoms with E-state index in [1.54, 1.807) is 7.11 Å².